The Morgan fingerprint density at radius 1 is 1.09 bits per heavy atom. The molecule has 116 valence electrons. The van der Waals surface area contributed by atoms with E-state index in [2.05, 4.69) is 10.3 Å². The van der Waals surface area contributed by atoms with Gasteiger partial charge < -0.3 is 10.3 Å². The van der Waals surface area contributed by atoms with E-state index in [1.165, 1.54) is 36.5 Å². The van der Waals surface area contributed by atoms with Crippen LogP contribution in [-0.4, -0.2) is 16.7 Å². The molecular formula is C16H9Cl2FN2O2. The van der Waals surface area contributed by atoms with Crippen LogP contribution in [0.2, 0.25) is 10.0 Å². The normalized spacial score (nSPS) is 10.7. The number of aromatic amines is 1. The lowest BCUT2D eigenvalue weighted by Gasteiger charge is -2.06. The highest BCUT2D eigenvalue weighted by atomic mass is 35.5. The molecule has 0 aliphatic carbocycles. The van der Waals surface area contributed by atoms with Gasteiger partial charge in [0.1, 0.15) is 5.82 Å². The predicted octanol–water partition coefficient (Wildman–Crippen LogP) is 4.44. The Hall–Kier alpha value is -2.37. The number of carbonyl (C=O) groups excluding carboxylic acids is 2. The summed E-state index contributed by atoms with van der Waals surface area (Å²) in [4.78, 5) is 27.3. The van der Waals surface area contributed by atoms with Crippen molar-refractivity contribution in [1.29, 1.82) is 0 Å². The number of benzene rings is 2. The third-order valence-electron chi connectivity index (χ3n) is 3.27. The van der Waals surface area contributed by atoms with Gasteiger partial charge in [-0.2, -0.15) is 0 Å². The van der Waals surface area contributed by atoms with Crippen molar-refractivity contribution in [3.63, 3.8) is 0 Å². The van der Waals surface area contributed by atoms with Crippen LogP contribution >= 0.6 is 23.2 Å². The summed E-state index contributed by atoms with van der Waals surface area (Å²) in [5.74, 6) is -2.19. The SMILES string of the molecule is O=C(Nc1cc(Cl)ccc1Cl)C(=O)c1c[nH]c2ccc(F)cc12. The Morgan fingerprint density at radius 2 is 1.87 bits per heavy atom. The van der Waals surface area contributed by atoms with Gasteiger partial charge in [-0.3, -0.25) is 9.59 Å². The summed E-state index contributed by atoms with van der Waals surface area (Å²) < 4.78 is 13.3. The lowest BCUT2D eigenvalue weighted by molar-refractivity contribution is -0.112. The van der Waals surface area contributed by atoms with Crippen LogP contribution in [0.3, 0.4) is 0 Å². The molecule has 1 heterocycles. The lowest BCUT2D eigenvalue weighted by atomic mass is 10.1. The third-order valence-corrected chi connectivity index (χ3v) is 3.84. The summed E-state index contributed by atoms with van der Waals surface area (Å²) in [5.41, 5.74) is 0.863. The molecule has 0 saturated heterocycles. The van der Waals surface area contributed by atoms with Crippen LogP contribution in [0.4, 0.5) is 10.1 Å². The number of Topliss-reactive ketones (excluding diaryl/α,β-unsaturated/α-hetero) is 1. The van der Waals surface area contributed by atoms with E-state index in [1.807, 2.05) is 0 Å². The van der Waals surface area contributed by atoms with Gasteiger partial charge in [-0.1, -0.05) is 23.2 Å². The minimum Gasteiger partial charge on any atom is -0.360 e. The molecule has 3 rings (SSSR count). The molecule has 0 radical (unpaired) electrons. The van der Waals surface area contributed by atoms with E-state index in [-0.39, 0.29) is 16.3 Å². The van der Waals surface area contributed by atoms with Crippen molar-refractivity contribution >= 4 is 51.5 Å². The number of hydrogen-bond acceptors (Lipinski definition) is 2. The van der Waals surface area contributed by atoms with Crippen LogP contribution in [0.5, 0.6) is 0 Å². The molecule has 7 heteroatoms. The highest BCUT2D eigenvalue weighted by Gasteiger charge is 2.21. The first-order chi connectivity index (χ1) is 11.0. The standard InChI is InChI=1S/C16H9Cl2FN2O2/c17-8-1-3-12(18)14(5-8)21-16(23)15(22)11-7-20-13-4-2-9(19)6-10(11)13/h1-7,20H,(H,21,23). The molecule has 0 bridgehead atoms. The summed E-state index contributed by atoms with van der Waals surface area (Å²) in [5, 5.41) is 3.36. The predicted molar refractivity (Wildman–Crippen MR) is 87.7 cm³/mol. The average Bonchev–Trinajstić information content (AvgIpc) is 2.93. The number of nitrogens with one attached hydrogen (secondary N) is 2. The van der Waals surface area contributed by atoms with Gasteiger partial charge in [-0.25, -0.2) is 4.39 Å². The highest BCUT2D eigenvalue weighted by Crippen LogP contribution is 2.26. The first-order valence-corrected chi connectivity index (χ1v) is 7.28. The van der Waals surface area contributed by atoms with Gasteiger partial charge in [0.2, 0.25) is 0 Å². The van der Waals surface area contributed by atoms with Gasteiger partial charge >= 0.3 is 0 Å². The molecule has 0 aliphatic rings. The number of hydrogen-bond donors (Lipinski definition) is 2. The van der Waals surface area contributed by atoms with E-state index in [0.29, 0.717) is 15.9 Å². The lowest BCUT2D eigenvalue weighted by Crippen LogP contribution is -2.22. The largest absolute Gasteiger partial charge is 0.360 e. The molecule has 3 aromatic rings. The molecule has 1 amide bonds. The summed E-state index contributed by atoms with van der Waals surface area (Å²) in [6.07, 6.45) is 1.37. The zero-order valence-corrected chi connectivity index (χ0v) is 13.0. The molecule has 0 unspecified atom stereocenters. The molecule has 0 fully saturated rings. The average molecular weight is 351 g/mol. The van der Waals surface area contributed by atoms with Crippen LogP contribution < -0.4 is 5.32 Å². The van der Waals surface area contributed by atoms with Gasteiger partial charge in [-0.05, 0) is 36.4 Å². The first kappa shape index (κ1) is 15.5. The van der Waals surface area contributed by atoms with E-state index >= 15 is 0 Å². The fraction of sp³-hybridized carbons (Fsp3) is 0. The van der Waals surface area contributed by atoms with Gasteiger partial charge in [0.05, 0.1) is 16.3 Å². The zero-order valence-electron chi connectivity index (χ0n) is 11.5. The van der Waals surface area contributed by atoms with Gasteiger partial charge in [0, 0.05) is 22.1 Å². The number of carbonyl (C=O) groups is 2. The van der Waals surface area contributed by atoms with Crippen molar-refractivity contribution in [2.75, 3.05) is 5.32 Å². The second-order valence-corrected chi connectivity index (χ2v) is 5.64. The molecule has 1 aromatic heterocycles. The summed E-state index contributed by atoms with van der Waals surface area (Å²) in [7, 11) is 0. The van der Waals surface area contributed by atoms with Crippen LogP contribution in [0, 0.1) is 5.82 Å². The topological polar surface area (TPSA) is 62.0 Å². The first-order valence-electron chi connectivity index (χ1n) is 6.53. The van der Waals surface area contributed by atoms with E-state index < -0.39 is 17.5 Å². The third kappa shape index (κ3) is 3.06. The van der Waals surface area contributed by atoms with Crippen molar-refractivity contribution in [2.24, 2.45) is 0 Å². The van der Waals surface area contributed by atoms with Crippen molar-refractivity contribution < 1.29 is 14.0 Å². The van der Waals surface area contributed by atoms with Crippen molar-refractivity contribution in [1.82, 2.24) is 4.98 Å². The second-order valence-electron chi connectivity index (χ2n) is 4.80. The van der Waals surface area contributed by atoms with Crippen molar-refractivity contribution in [3.05, 3.63) is 64.0 Å². The van der Waals surface area contributed by atoms with Gasteiger partial charge in [-0.15, -0.1) is 0 Å². The Kier molecular flexibility index (Phi) is 4.07. The Morgan fingerprint density at radius 3 is 2.65 bits per heavy atom. The van der Waals surface area contributed by atoms with E-state index in [4.69, 9.17) is 23.2 Å². The monoisotopic (exact) mass is 350 g/mol. The molecule has 0 saturated carbocycles. The number of ketones is 1. The minimum absolute atomic E-state index is 0.0788. The molecule has 0 atom stereocenters. The summed E-state index contributed by atoms with van der Waals surface area (Å²) in [6, 6.07) is 8.45. The van der Waals surface area contributed by atoms with E-state index in [0.717, 1.165) is 0 Å². The molecule has 23 heavy (non-hydrogen) atoms. The van der Waals surface area contributed by atoms with Gasteiger partial charge in [0.25, 0.3) is 11.7 Å². The molecule has 2 N–H and O–H groups in total. The Bertz CT molecular complexity index is 937. The van der Waals surface area contributed by atoms with Crippen LogP contribution in [0.15, 0.2) is 42.6 Å². The molecule has 2 aromatic carbocycles. The number of aromatic nitrogens is 1. The molecule has 0 aliphatic heterocycles. The summed E-state index contributed by atoms with van der Waals surface area (Å²) >= 11 is 11.8. The number of anilines is 1. The maximum Gasteiger partial charge on any atom is 0.296 e. The zero-order chi connectivity index (χ0) is 16.6. The Labute approximate surface area is 140 Å². The fourth-order valence-corrected chi connectivity index (χ4v) is 2.51. The van der Waals surface area contributed by atoms with Crippen molar-refractivity contribution in [2.45, 2.75) is 0 Å². The molecule has 0 spiro atoms. The minimum atomic E-state index is -0.890. The maximum atomic E-state index is 13.3. The number of amides is 1. The smallest absolute Gasteiger partial charge is 0.296 e. The van der Waals surface area contributed by atoms with E-state index in [9.17, 15) is 14.0 Å². The second kappa shape index (κ2) is 6.02. The number of H-pyrrole nitrogens is 1. The maximum absolute atomic E-state index is 13.3. The van der Waals surface area contributed by atoms with Crippen molar-refractivity contribution in [3.8, 4) is 0 Å². The van der Waals surface area contributed by atoms with Crippen LogP contribution in [0.1, 0.15) is 10.4 Å². The molecular weight excluding hydrogens is 342 g/mol. The number of fused-ring (bicyclic) bond motifs is 1. The fourth-order valence-electron chi connectivity index (χ4n) is 2.18. The van der Waals surface area contributed by atoms with E-state index in [1.54, 1.807) is 6.07 Å². The highest BCUT2D eigenvalue weighted by molar-refractivity contribution is 6.49. The summed E-state index contributed by atoms with van der Waals surface area (Å²) in [6.45, 7) is 0. The van der Waals surface area contributed by atoms with Crippen LogP contribution in [0.25, 0.3) is 10.9 Å². The number of rotatable bonds is 3. The molecule has 4 nitrogen and oxygen atoms in total. The van der Waals surface area contributed by atoms with Gasteiger partial charge in [0.15, 0.2) is 0 Å². The Balaban J connectivity index is 1.91. The quantitative estimate of drug-likeness (QED) is 0.542. The number of halogens is 3. The van der Waals surface area contributed by atoms with Crippen LogP contribution in [-0.2, 0) is 4.79 Å².